The molecule has 0 atom stereocenters. The van der Waals surface area contributed by atoms with Crippen LogP contribution in [-0.4, -0.2) is 84.3 Å². The summed E-state index contributed by atoms with van der Waals surface area (Å²) in [5.74, 6) is -1.81. The van der Waals surface area contributed by atoms with Crippen LogP contribution in [0.5, 0.6) is 11.5 Å². The van der Waals surface area contributed by atoms with Gasteiger partial charge in [0.05, 0.1) is 19.8 Å². The van der Waals surface area contributed by atoms with Gasteiger partial charge in [0.25, 0.3) is 5.91 Å². The van der Waals surface area contributed by atoms with E-state index in [-0.39, 0.29) is 5.91 Å². The summed E-state index contributed by atoms with van der Waals surface area (Å²) < 4.78 is 10.8. The number of nitrogens with zero attached hydrogens (tertiary/aromatic N) is 2. The molecule has 36 heavy (non-hydrogen) atoms. The number of para-hydroxylation sites is 1. The van der Waals surface area contributed by atoms with Gasteiger partial charge in [0.2, 0.25) is 0 Å². The van der Waals surface area contributed by atoms with E-state index in [0.717, 1.165) is 26.2 Å². The summed E-state index contributed by atoms with van der Waals surface area (Å²) in [6.45, 7) is 3.41. The van der Waals surface area contributed by atoms with E-state index in [1.165, 1.54) is 31.2 Å². The highest BCUT2D eigenvalue weighted by atomic mass is 16.5. The first-order valence-corrected chi connectivity index (χ1v) is 12.1. The third-order valence-corrected chi connectivity index (χ3v) is 6.90. The number of hydrogen-bond donors (Lipinski definition) is 2. The van der Waals surface area contributed by atoms with E-state index in [9.17, 15) is 4.79 Å². The topological polar surface area (TPSA) is 117 Å². The lowest BCUT2D eigenvalue weighted by molar-refractivity contribution is -0.159. The number of ether oxygens (including phenoxy) is 2. The molecule has 2 aromatic carbocycles. The summed E-state index contributed by atoms with van der Waals surface area (Å²) >= 11 is 0. The Labute approximate surface area is 211 Å². The van der Waals surface area contributed by atoms with Gasteiger partial charge in [-0.05, 0) is 49.3 Å². The van der Waals surface area contributed by atoms with Crippen molar-refractivity contribution in [2.75, 3.05) is 40.4 Å². The zero-order valence-corrected chi connectivity index (χ0v) is 20.8. The average molecular weight is 499 g/mol. The van der Waals surface area contributed by atoms with Crippen LogP contribution in [0.1, 0.15) is 47.5 Å². The molecule has 0 radical (unpaired) electrons. The summed E-state index contributed by atoms with van der Waals surface area (Å²) in [6.07, 6.45) is 5.01. The van der Waals surface area contributed by atoms with Gasteiger partial charge in [0.1, 0.15) is 0 Å². The van der Waals surface area contributed by atoms with Gasteiger partial charge in [-0.3, -0.25) is 9.69 Å². The smallest absolute Gasteiger partial charge is 0.414 e. The minimum atomic E-state index is -1.82. The van der Waals surface area contributed by atoms with Crippen molar-refractivity contribution in [3.05, 3.63) is 59.7 Å². The molecule has 2 aromatic rings. The van der Waals surface area contributed by atoms with Crippen molar-refractivity contribution in [3.63, 3.8) is 0 Å². The first-order valence-electron chi connectivity index (χ1n) is 12.1. The van der Waals surface area contributed by atoms with E-state index in [2.05, 4.69) is 35.2 Å². The van der Waals surface area contributed by atoms with Gasteiger partial charge in [0.15, 0.2) is 11.5 Å². The van der Waals surface area contributed by atoms with E-state index in [1.807, 2.05) is 23.1 Å². The fourth-order valence-electron chi connectivity index (χ4n) is 5.02. The average Bonchev–Trinajstić information content (AvgIpc) is 2.93. The fraction of sp³-hybridized carbons (Fsp3) is 0.444. The molecule has 1 aliphatic carbocycles. The number of carbonyl (C=O) groups is 3. The molecule has 0 spiro atoms. The van der Waals surface area contributed by atoms with E-state index >= 15 is 0 Å². The predicted molar refractivity (Wildman–Crippen MR) is 134 cm³/mol. The molecular formula is C27H34N2O7. The molecule has 4 rings (SSSR count). The second-order valence-electron chi connectivity index (χ2n) is 8.90. The van der Waals surface area contributed by atoms with Gasteiger partial charge in [0, 0.05) is 32.2 Å². The number of methoxy groups -OCH3 is 2. The molecule has 194 valence electrons. The molecule has 2 N–H and O–H groups in total. The Morgan fingerprint density at radius 2 is 1.39 bits per heavy atom. The zero-order valence-electron chi connectivity index (χ0n) is 20.8. The van der Waals surface area contributed by atoms with E-state index in [4.69, 9.17) is 29.3 Å². The number of carbonyl (C=O) groups excluding carboxylic acids is 1. The molecule has 1 saturated carbocycles. The highest BCUT2D eigenvalue weighted by Crippen LogP contribution is 2.35. The molecular weight excluding hydrogens is 464 g/mol. The molecule has 9 heteroatoms. The Morgan fingerprint density at radius 1 is 0.778 bits per heavy atom. The number of rotatable bonds is 5. The Hall–Kier alpha value is -3.59. The van der Waals surface area contributed by atoms with Crippen LogP contribution in [0.15, 0.2) is 48.5 Å². The van der Waals surface area contributed by atoms with E-state index < -0.39 is 11.9 Å². The molecule has 0 unspecified atom stereocenters. The maximum absolute atomic E-state index is 13.1. The number of hydrogen-bond acceptors (Lipinski definition) is 6. The highest BCUT2D eigenvalue weighted by molar-refractivity contribution is 6.27. The number of piperazine rings is 1. The van der Waals surface area contributed by atoms with Gasteiger partial charge in [-0.2, -0.15) is 0 Å². The Kier molecular flexibility index (Phi) is 9.69. The second-order valence-corrected chi connectivity index (χ2v) is 8.90. The Bertz CT molecular complexity index is 1020. The molecule has 0 aromatic heterocycles. The number of carboxylic acid groups (broad SMARTS) is 2. The molecule has 1 aliphatic heterocycles. The standard InChI is InChI=1S/C25H32N2O3.C2H2O4/c1-29-23-10-6-9-22(24(23)30-2)25(28)27-17-15-26(16-18-27)21-13-11-20(12-14-21)19-7-4-3-5-8-19;3-1(4)2(5)6/h3-10,20-21H,11-18H2,1-2H3;(H,3,4)(H,5,6). The lowest BCUT2D eigenvalue weighted by Crippen LogP contribution is -2.52. The summed E-state index contributed by atoms with van der Waals surface area (Å²) in [6, 6.07) is 17.1. The van der Waals surface area contributed by atoms with Crippen molar-refractivity contribution in [1.82, 2.24) is 9.80 Å². The van der Waals surface area contributed by atoms with Crippen molar-refractivity contribution in [1.29, 1.82) is 0 Å². The van der Waals surface area contributed by atoms with Crippen LogP contribution in [0.4, 0.5) is 0 Å². The van der Waals surface area contributed by atoms with Crippen molar-refractivity contribution in [2.45, 2.75) is 37.6 Å². The molecule has 0 bridgehead atoms. The van der Waals surface area contributed by atoms with Crippen molar-refractivity contribution >= 4 is 17.8 Å². The summed E-state index contributed by atoms with van der Waals surface area (Å²) in [5, 5.41) is 14.8. The fourth-order valence-corrected chi connectivity index (χ4v) is 5.02. The van der Waals surface area contributed by atoms with Crippen LogP contribution < -0.4 is 9.47 Å². The van der Waals surface area contributed by atoms with Gasteiger partial charge in [-0.25, -0.2) is 9.59 Å². The van der Waals surface area contributed by atoms with Crippen molar-refractivity contribution < 1.29 is 34.1 Å². The van der Waals surface area contributed by atoms with Crippen LogP contribution in [0, 0.1) is 0 Å². The van der Waals surface area contributed by atoms with Gasteiger partial charge in [-0.15, -0.1) is 0 Å². The molecule has 2 aliphatic rings. The monoisotopic (exact) mass is 498 g/mol. The molecule has 1 saturated heterocycles. The number of amides is 1. The number of benzene rings is 2. The summed E-state index contributed by atoms with van der Waals surface area (Å²) in [4.78, 5) is 35.8. The van der Waals surface area contributed by atoms with Crippen LogP contribution in [-0.2, 0) is 9.59 Å². The lowest BCUT2D eigenvalue weighted by atomic mass is 9.81. The maximum atomic E-state index is 13.1. The van der Waals surface area contributed by atoms with Crippen molar-refractivity contribution in [2.24, 2.45) is 0 Å². The summed E-state index contributed by atoms with van der Waals surface area (Å²) in [7, 11) is 3.18. The Morgan fingerprint density at radius 3 is 1.92 bits per heavy atom. The van der Waals surface area contributed by atoms with Gasteiger partial charge in [-0.1, -0.05) is 36.4 Å². The van der Waals surface area contributed by atoms with Crippen LogP contribution >= 0.6 is 0 Å². The van der Waals surface area contributed by atoms with E-state index in [1.54, 1.807) is 14.2 Å². The highest BCUT2D eigenvalue weighted by Gasteiger charge is 2.31. The predicted octanol–water partition coefficient (Wildman–Crippen LogP) is 3.34. The van der Waals surface area contributed by atoms with E-state index in [0.29, 0.717) is 29.0 Å². The summed E-state index contributed by atoms with van der Waals surface area (Å²) in [5.41, 5.74) is 2.06. The number of carboxylic acids is 2. The van der Waals surface area contributed by atoms with Crippen LogP contribution in [0.3, 0.4) is 0 Å². The molecule has 2 fully saturated rings. The molecule has 9 nitrogen and oxygen atoms in total. The largest absolute Gasteiger partial charge is 0.493 e. The first-order chi connectivity index (χ1) is 17.3. The first kappa shape index (κ1) is 27.0. The normalized spacial score (nSPS) is 20.0. The maximum Gasteiger partial charge on any atom is 0.414 e. The number of aliphatic carboxylic acids is 2. The van der Waals surface area contributed by atoms with Crippen molar-refractivity contribution in [3.8, 4) is 11.5 Å². The molecule has 1 amide bonds. The third-order valence-electron chi connectivity index (χ3n) is 6.90. The lowest BCUT2D eigenvalue weighted by Gasteiger charge is -2.42. The van der Waals surface area contributed by atoms with Crippen LogP contribution in [0.25, 0.3) is 0 Å². The second kappa shape index (κ2) is 12.9. The van der Waals surface area contributed by atoms with Gasteiger partial charge < -0.3 is 24.6 Å². The van der Waals surface area contributed by atoms with Crippen LogP contribution in [0.2, 0.25) is 0 Å². The zero-order chi connectivity index (χ0) is 26.1. The molecule has 1 heterocycles. The quantitative estimate of drug-likeness (QED) is 0.603. The SMILES string of the molecule is COc1cccc(C(=O)N2CCN(C3CCC(c4ccccc4)CC3)CC2)c1OC.O=C(O)C(=O)O. The minimum absolute atomic E-state index is 0.0261. The Balaban J connectivity index is 0.000000538. The minimum Gasteiger partial charge on any atom is -0.493 e. The third kappa shape index (κ3) is 6.75. The van der Waals surface area contributed by atoms with Gasteiger partial charge >= 0.3 is 11.9 Å².